The maximum Gasteiger partial charge on any atom is 0.324 e. The molecule has 11 nitrogen and oxygen atoms in total. The molecule has 1 N–H and O–H groups in total. The Hall–Kier alpha value is -3.93. The van der Waals surface area contributed by atoms with Gasteiger partial charge in [0.25, 0.3) is 10.0 Å². The van der Waals surface area contributed by atoms with Crippen LogP contribution in [-0.2, 0) is 17.1 Å². The number of fused-ring (bicyclic) bond motifs is 1. The molecule has 0 radical (unpaired) electrons. The van der Waals surface area contributed by atoms with Crippen molar-refractivity contribution in [1.29, 1.82) is 0 Å². The molecule has 1 aliphatic heterocycles. The van der Waals surface area contributed by atoms with Crippen molar-refractivity contribution in [3.63, 3.8) is 0 Å². The van der Waals surface area contributed by atoms with E-state index < -0.39 is 10.0 Å². The van der Waals surface area contributed by atoms with E-state index in [1.54, 1.807) is 65.2 Å². The van der Waals surface area contributed by atoms with Crippen molar-refractivity contribution in [3.8, 4) is 5.82 Å². The first-order chi connectivity index (χ1) is 15.7. The van der Waals surface area contributed by atoms with Crippen LogP contribution in [0.4, 0.5) is 16.2 Å². The number of rotatable bonds is 5. The van der Waals surface area contributed by atoms with Crippen molar-refractivity contribution >= 4 is 38.3 Å². The standard InChI is InChI=1S/C21H22N8O3S/c1-14-12-28(21(30)26(14)2)16-7-8-22-19(9-16)29-13-17(11-24-29)33(31,32)25-18-6-4-5-15-10-23-27(3)20(15)18/h4-11,13-14,25H,12H2,1-3H3/t14-/m0/s1. The molecule has 1 saturated heterocycles. The van der Waals surface area contributed by atoms with E-state index in [9.17, 15) is 13.2 Å². The van der Waals surface area contributed by atoms with Crippen LogP contribution in [0, 0.1) is 0 Å². The largest absolute Gasteiger partial charge is 0.324 e. The van der Waals surface area contributed by atoms with Crippen molar-refractivity contribution in [3.05, 3.63) is 55.1 Å². The summed E-state index contributed by atoms with van der Waals surface area (Å²) in [5.41, 5.74) is 1.77. The smallest absolute Gasteiger partial charge is 0.323 e. The van der Waals surface area contributed by atoms with E-state index in [1.165, 1.54) is 17.1 Å². The number of anilines is 2. The zero-order chi connectivity index (χ0) is 23.3. The number of carbonyl (C=O) groups is 1. The molecule has 0 saturated carbocycles. The minimum Gasteiger partial charge on any atom is -0.323 e. The van der Waals surface area contributed by atoms with Gasteiger partial charge >= 0.3 is 6.03 Å². The number of sulfonamides is 1. The number of nitrogens with one attached hydrogen (secondary N) is 1. The first kappa shape index (κ1) is 20.9. The number of para-hydroxylation sites is 1. The van der Waals surface area contributed by atoms with Gasteiger partial charge in [0.15, 0.2) is 5.82 Å². The predicted molar refractivity (Wildman–Crippen MR) is 123 cm³/mol. The monoisotopic (exact) mass is 466 g/mol. The molecule has 1 fully saturated rings. The normalized spacial score (nSPS) is 16.7. The van der Waals surface area contributed by atoms with Gasteiger partial charge in [0.2, 0.25) is 0 Å². The summed E-state index contributed by atoms with van der Waals surface area (Å²) in [6.07, 6.45) is 5.89. The molecular formula is C21H22N8O3S. The molecular weight excluding hydrogens is 444 g/mol. The number of hydrogen-bond donors (Lipinski definition) is 1. The number of amides is 2. The third kappa shape index (κ3) is 3.57. The highest BCUT2D eigenvalue weighted by Crippen LogP contribution is 2.26. The molecule has 0 spiro atoms. The van der Waals surface area contributed by atoms with Crippen LogP contribution in [0.5, 0.6) is 0 Å². The molecule has 0 aliphatic carbocycles. The summed E-state index contributed by atoms with van der Waals surface area (Å²) in [5.74, 6) is 0.401. The Morgan fingerprint density at radius 1 is 1.12 bits per heavy atom. The van der Waals surface area contributed by atoms with Crippen molar-refractivity contribution in [2.75, 3.05) is 23.2 Å². The fourth-order valence-corrected chi connectivity index (χ4v) is 4.85. The van der Waals surface area contributed by atoms with E-state index in [1.807, 2.05) is 13.0 Å². The fourth-order valence-electron chi connectivity index (χ4n) is 3.85. The van der Waals surface area contributed by atoms with E-state index in [-0.39, 0.29) is 17.0 Å². The highest BCUT2D eigenvalue weighted by molar-refractivity contribution is 7.92. The van der Waals surface area contributed by atoms with Gasteiger partial charge in [-0.25, -0.2) is 22.9 Å². The van der Waals surface area contributed by atoms with Gasteiger partial charge in [-0.1, -0.05) is 12.1 Å². The van der Waals surface area contributed by atoms with Gasteiger partial charge in [-0.2, -0.15) is 10.2 Å². The van der Waals surface area contributed by atoms with Crippen LogP contribution in [0.3, 0.4) is 0 Å². The van der Waals surface area contributed by atoms with Crippen molar-refractivity contribution in [1.82, 2.24) is 29.4 Å². The number of benzene rings is 1. The van der Waals surface area contributed by atoms with Gasteiger partial charge in [-0.3, -0.25) is 14.3 Å². The van der Waals surface area contributed by atoms with Crippen molar-refractivity contribution < 1.29 is 13.2 Å². The Morgan fingerprint density at radius 2 is 1.94 bits per heavy atom. The second kappa shape index (κ2) is 7.59. The Bertz CT molecular complexity index is 1480. The van der Waals surface area contributed by atoms with Gasteiger partial charge in [0.05, 0.1) is 35.5 Å². The maximum atomic E-state index is 13.0. The van der Waals surface area contributed by atoms with Crippen LogP contribution in [0.2, 0.25) is 0 Å². The Kier molecular flexibility index (Phi) is 4.81. The summed E-state index contributed by atoms with van der Waals surface area (Å²) in [7, 11) is -0.396. The third-order valence-electron chi connectivity index (χ3n) is 5.79. The minimum absolute atomic E-state index is 0.0144. The minimum atomic E-state index is -3.91. The van der Waals surface area contributed by atoms with E-state index in [0.717, 1.165) is 5.39 Å². The lowest BCUT2D eigenvalue weighted by Crippen LogP contribution is -2.30. The first-order valence-corrected chi connectivity index (χ1v) is 11.7. The molecule has 4 heterocycles. The summed E-state index contributed by atoms with van der Waals surface area (Å²) >= 11 is 0. The number of urea groups is 1. The van der Waals surface area contributed by atoms with Crippen LogP contribution < -0.4 is 9.62 Å². The zero-order valence-electron chi connectivity index (χ0n) is 18.2. The van der Waals surface area contributed by atoms with Gasteiger partial charge in [0, 0.05) is 44.3 Å². The molecule has 33 heavy (non-hydrogen) atoms. The lowest BCUT2D eigenvalue weighted by atomic mass is 10.2. The zero-order valence-corrected chi connectivity index (χ0v) is 19.1. The summed E-state index contributed by atoms with van der Waals surface area (Å²) in [5, 5.41) is 9.19. The molecule has 12 heteroatoms. The van der Waals surface area contributed by atoms with Crippen LogP contribution in [0.1, 0.15) is 6.92 Å². The molecule has 5 rings (SSSR count). The van der Waals surface area contributed by atoms with Gasteiger partial charge < -0.3 is 4.90 Å². The number of nitrogens with zero attached hydrogens (tertiary/aromatic N) is 7. The van der Waals surface area contributed by atoms with Crippen LogP contribution in [0.25, 0.3) is 16.7 Å². The number of likely N-dealkylation sites (N-methyl/N-ethyl adjacent to an activating group) is 1. The maximum absolute atomic E-state index is 13.0. The highest BCUT2D eigenvalue weighted by Gasteiger charge is 2.32. The number of pyridine rings is 1. The van der Waals surface area contributed by atoms with E-state index in [2.05, 4.69) is 19.9 Å². The topological polar surface area (TPSA) is 118 Å². The van der Waals surface area contributed by atoms with E-state index in [0.29, 0.717) is 29.3 Å². The fraction of sp³-hybridized carbons (Fsp3) is 0.238. The number of aryl methyl sites for hydroxylation is 1. The second-order valence-corrected chi connectivity index (χ2v) is 9.65. The molecule has 4 aromatic rings. The lowest BCUT2D eigenvalue weighted by molar-refractivity contribution is 0.221. The second-order valence-electron chi connectivity index (χ2n) is 7.96. The summed E-state index contributed by atoms with van der Waals surface area (Å²) in [6, 6.07) is 8.74. The molecule has 3 aromatic heterocycles. The summed E-state index contributed by atoms with van der Waals surface area (Å²) in [4.78, 5) is 20.1. The average molecular weight is 467 g/mol. The number of carbonyl (C=O) groups excluding carboxylic acids is 1. The van der Waals surface area contributed by atoms with Crippen LogP contribution in [0.15, 0.2) is 60.0 Å². The lowest BCUT2D eigenvalue weighted by Gasteiger charge is -2.16. The molecule has 170 valence electrons. The summed E-state index contributed by atoms with van der Waals surface area (Å²) < 4.78 is 31.7. The van der Waals surface area contributed by atoms with Crippen molar-refractivity contribution in [2.24, 2.45) is 7.05 Å². The molecule has 2 amide bonds. The molecule has 0 unspecified atom stereocenters. The molecule has 1 aromatic carbocycles. The molecule has 1 atom stereocenters. The van der Waals surface area contributed by atoms with Crippen LogP contribution >= 0.6 is 0 Å². The van der Waals surface area contributed by atoms with Gasteiger partial charge in [0.1, 0.15) is 4.90 Å². The molecule has 0 bridgehead atoms. The van der Waals surface area contributed by atoms with E-state index in [4.69, 9.17) is 0 Å². The quantitative estimate of drug-likeness (QED) is 0.482. The average Bonchev–Trinajstić information content (AvgIpc) is 3.50. The van der Waals surface area contributed by atoms with E-state index >= 15 is 0 Å². The third-order valence-corrected chi connectivity index (χ3v) is 7.11. The SMILES string of the molecule is C[C@H]1CN(c2ccnc(-n3cc(S(=O)(=O)Nc4cccc5cnn(C)c45)cn3)c2)C(=O)N1C. The first-order valence-electron chi connectivity index (χ1n) is 10.2. The van der Waals surface area contributed by atoms with Gasteiger partial charge in [-0.05, 0) is 19.1 Å². The number of hydrogen-bond acceptors (Lipinski definition) is 6. The Morgan fingerprint density at radius 3 is 2.70 bits per heavy atom. The number of aromatic nitrogens is 5. The summed E-state index contributed by atoms with van der Waals surface area (Å²) in [6.45, 7) is 2.53. The highest BCUT2D eigenvalue weighted by atomic mass is 32.2. The Balaban J connectivity index is 1.43. The van der Waals surface area contributed by atoms with Gasteiger partial charge in [-0.15, -0.1) is 0 Å². The molecule has 1 aliphatic rings. The Labute approximate surface area is 190 Å². The van der Waals surface area contributed by atoms with Crippen LogP contribution in [-0.4, -0.2) is 63.5 Å². The van der Waals surface area contributed by atoms with Crippen molar-refractivity contribution in [2.45, 2.75) is 17.9 Å². The predicted octanol–water partition coefficient (Wildman–Crippen LogP) is 2.22.